The molecular formula is C16H32O7. The fourth-order valence-corrected chi connectivity index (χ4v) is 1.36. The summed E-state index contributed by atoms with van der Waals surface area (Å²) in [6.45, 7) is 9.86. The number of esters is 2. The maximum absolute atomic E-state index is 10.3. The predicted molar refractivity (Wildman–Crippen MR) is 86.3 cm³/mol. The molecule has 0 N–H and O–H groups in total. The van der Waals surface area contributed by atoms with E-state index in [1.165, 1.54) is 13.8 Å². The van der Waals surface area contributed by atoms with Gasteiger partial charge in [-0.15, -0.1) is 0 Å². The molecule has 0 aliphatic carbocycles. The summed E-state index contributed by atoms with van der Waals surface area (Å²) in [5, 5.41) is 0. The maximum atomic E-state index is 10.3. The SMILES string of the molecule is CCCCOCCOCCOC(C)=O.COCC(C)OC(C)=O. The van der Waals surface area contributed by atoms with Crippen molar-refractivity contribution in [2.45, 2.75) is 46.6 Å². The molecule has 0 aliphatic rings. The Morgan fingerprint density at radius 2 is 1.48 bits per heavy atom. The first-order valence-electron chi connectivity index (χ1n) is 7.89. The molecule has 0 saturated carbocycles. The molecule has 0 aromatic rings. The van der Waals surface area contributed by atoms with Gasteiger partial charge in [-0.05, 0) is 13.3 Å². The van der Waals surface area contributed by atoms with Crippen LogP contribution >= 0.6 is 0 Å². The molecular weight excluding hydrogens is 304 g/mol. The number of carbonyl (C=O) groups excluding carboxylic acids is 2. The first-order chi connectivity index (χ1) is 10.9. The van der Waals surface area contributed by atoms with Gasteiger partial charge in [0.15, 0.2) is 0 Å². The van der Waals surface area contributed by atoms with E-state index in [4.69, 9.17) is 18.9 Å². The van der Waals surface area contributed by atoms with E-state index in [9.17, 15) is 9.59 Å². The van der Waals surface area contributed by atoms with E-state index in [0.717, 1.165) is 19.4 Å². The summed E-state index contributed by atoms with van der Waals surface area (Å²) >= 11 is 0. The van der Waals surface area contributed by atoms with Gasteiger partial charge >= 0.3 is 11.9 Å². The molecule has 7 nitrogen and oxygen atoms in total. The molecule has 0 fully saturated rings. The highest BCUT2D eigenvalue weighted by atomic mass is 16.6. The van der Waals surface area contributed by atoms with Gasteiger partial charge in [0.1, 0.15) is 12.7 Å². The van der Waals surface area contributed by atoms with Crippen LogP contribution in [0.15, 0.2) is 0 Å². The molecule has 23 heavy (non-hydrogen) atoms. The number of hydrogen-bond donors (Lipinski definition) is 0. The van der Waals surface area contributed by atoms with Gasteiger partial charge in [0.25, 0.3) is 0 Å². The third kappa shape index (κ3) is 26.1. The van der Waals surface area contributed by atoms with Gasteiger partial charge in [0.2, 0.25) is 0 Å². The van der Waals surface area contributed by atoms with Crippen molar-refractivity contribution < 1.29 is 33.3 Å². The van der Waals surface area contributed by atoms with Crippen LogP contribution in [0.2, 0.25) is 0 Å². The van der Waals surface area contributed by atoms with Gasteiger partial charge in [0, 0.05) is 27.6 Å². The Morgan fingerprint density at radius 3 is 1.96 bits per heavy atom. The van der Waals surface area contributed by atoms with Crippen LogP contribution in [0.1, 0.15) is 40.5 Å². The molecule has 0 spiro atoms. The molecule has 0 bridgehead atoms. The van der Waals surface area contributed by atoms with Gasteiger partial charge in [-0.25, -0.2) is 0 Å². The number of methoxy groups -OCH3 is 1. The zero-order valence-corrected chi connectivity index (χ0v) is 15.1. The molecule has 1 unspecified atom stereocenters. The normalized spacial score (nSPS) is 11.2. The van der Waals surface area contributed by atoms with Crippen LogP contribution in [0.3, 0.4) is 0 Å². The summed E-state index contributed by atoms with van der Waals surface area (Å²) < 4.78 is 24.6. The lowest BCUT2D eigenvalue weighted by Crippen LogP contribution is -2.17. The van der Waals surface area contributed by atoms with Crippen molar-refractivity contribution in [2.24, 2.45) is 0 Å². The summed E-state index contributed by atoms with van der Waals surface area (Å²) in [5.41, 5.74) is 0. The van der Waals surface area contributed by atoms with Gasteiger partial charge < -0.3 is 23.7 Å². The molecule has 0 amide bonds. The molecule has 0 aromatic heterocycles. The molecule has 0 saturated heterocycles. The molecule has 138 valence electrons. The Bertz CT molecular complexity index is 282. The van der Waals surface area contributed by atoms with Crippen molar-refractivity contribution in [3.63, 3.8) is 0 Å². The number of hydrogen-bond acceptors (Lipinski definition) is 7. The van der Waals surface area contributed by atoms with Crippen LogP contribution < -0.4 is 0 Å². The Balaban J connectivity index is 0. The lowest BCUT2D eigenvalue weighted by Gasteiger charge is -2.08. The summed E-state index contributed by atoms with van der Waals surface area (Å²) in [6, 6.07) is 0. The quantitative estimate of drug-likeness (QED) is 0.398. The lowest BCUT2D eigenvalue weighted by molar-refractivity contribution is -0.147. The van der Waals surface area contributed by atoms with E-state index in [0.29, 0.717) is 33.0 Å². The summed E-state index contributed by atoms with van der Waals surface area (Å²) in [7, 11) is 1.57. The van der Waals surface area contributed by atoms with E-state index in [2.05, 4.69) is 11.7 Å². The highest BCUT2D eigenvalue weighted by Crippen LogP contribution is 1.90. The highest BCUT2D eigenvalue weighted by molar-refractivity contribution is 5.66. The first-order valence-corrected chi connectivity index (χ1v) is 7.89. The molecule has 1 atom stereocenters. The predicted octanol–water partition coefficient (Wildman–Crippen LogP) is 1.97. The molecule has 0 heterocycles. The summed E-state index contributed by atoms with van der Waals surface area (Å²) in [5.74, 6) is -0.535. The van der Waals surface area contributed by atoms with E-state index < -0.39 is 0 Å². The fourth-order valence-electron chi connectivity index (χ4n) is 1.36. The molecule has 0 aromatic carbocycles. The summed E-state index contributed by atoms with van der Waals surface area (Å²) in [4.78, 5) is 20.6. The van der Waals surface area contributed by atoms with Gasteiger partial charge in [0.05, 0.1) is 26.4 Å². The Kier molecular flexibility index (Phi) is 19.8. The molecule has 0 radical (unpaired) electrons. The zero-order valence-electron chi connectivity index (χ0n) is 15.1. The molecule has 0 aliphatic heterocycles. The largest absolute Gasteiger partial charge is 0.463 e. The second-order valence-corrected chi connectivity index (χ2v) is 4.79. The standard InChI is InChI=1S/C10H20O4.C6H12O3/c1-3-4-5-12-6-7-13-8-9-14-10(2)11;1-5(4-8-3)9-6(2)7/h3-9H2,1-2H3;5H,4H2,1-3H3. The minimum Gasteiger partial charge on any atom is -0.463 e. The lowest BCUT2D eigenvalue weighted by atomic mass is 10.4. The van der Waals surface area contributed by atoms with Crippen molar-refractivity contribution in [2.75, 3.05) is 46.8 Å². The monoisotopic (exact) mass is 336 g/mol. The first kappa shape index (κ1) is 24.1. The van der Waals surface area contributed by atoms with Crippen LogP contribution in [0.25, 0.3) is 0 Å². The third-order valence-corrected chi connectivity index (χ3v) is 2.32. The molecule has 0 rings (SSSR count). The fraction of sp³-hybridized carbons (Fsp3) is 0.875. The van der Waals surface area contributed by atoms with E-state index in [1.807, 2.05) is 0 Å². The Hall–Kier alpha value is -1.18. The van der Waals surface area contributed by atoms with Crippen LogP contribution in [0, 0.1) is 0 Å². The number of carbonyl (C=O) groups is 2. The van der Waals surface area contributed by atoms with Crippen molar-refractivity contribution in [3.05, 3.63) is 0 Å². The van der Waals surface area contributed by atoms with E-state index in [-0.39, 0.29) is 18.0 Å². The summed E-state index contributed by atoms with van der Waals surface area (Å²) in [6.07, 6.45) is 2.10. The minimum atomic E-state index is -0.271. The Labute approximate surface area is 139 Å². The second-order valence-electron chi connectivity index (χ2n) is 4.79. The van der Waals surface area contributed by atoms with Gasteiger partial charge in [-0.2, -0.15) is 0 Å². The topological polar surface area (TPSA) is 80.3 Å². The smallest absolute Gasteiger partial charge is 0.302 e. The van der Waals surface area contributed by atoms with Crippen molar-refractivity contribution >= 4 is 11.9 Å². The van der Waals surface area contributed by atoms with Crippen molar-refractivity contribution in [1.82, 2.24) is 0 Å². The van der Waals surface area contributed by atoms with Gasteiger partial charge in [-0.1, -0.05) is 13.3 Å². The number of ether oxygens (including phenoxy) is 5. The van der Waals surface area contributed by atoms with E-state index in [1.54, 1.807) is 14.0 Å². The van der Waals surface area contributed by atoms with Crippen LogP contribution in [0.5, 0.6) is 0 Å². The molecule has 7 heteroatoms. The van der Waals surface area contributed by atoms with Crippen LogP contribution in [-0.4, -0.2) is 64.8 Å². The zero-order chi connectivity index (χ0) is 17.9. The van der Waals surface area contributed by atoms with Gasteiger partial charge in [-0.3, -0.25) is 9.59 Å². The average molecular weight is 336 g/mol. The average Bonchev–Trinajstić information content (AvgIpc) is 2.45. The second kappa shape index (κ2) is 18.9. The number of unbranched alkanes of at least 4 members (excludes halogenated alkanes) is 1. The van der Waals surface area contributed by atoms with Crippen molar-refractivity contribution in [1.29, 1.82) is 0 Å². The number of rotatable bonds is 12. The minimum absolute atomic E-state index is 0.132. The highest BCUT2D eigenvalue weighted by Gasteiger charge is 2.02. The van der Waals surface area contributed by atoms with Crippen LogP contribution in [0.4, 0.5) is 0 Å². The third-order valence-electron chi connectivity index (χ3n) is 2.32. The van der Waals surface area contributed by atoms with Crippen LogP contribution in [-0.2, 0) is 33.3 Å². The van der Waals surface area contributed by atoms with Crippen molar-refractivity contribution in [3.8, 4) is 0 Å². The maximum Gasteiger partial charge on any atom is 0.302 e. The van der Waals surface area contributed by atoms with E-state index >= 15 is 0 Å². The Morgan fingerprint density at radius 1 is 0.913 bits per heavy atom.